The second kappa shape index (κ2) is 13.3. The molecule has 0 spiro atoms. The van der Waals surface area contributed by atoms with Crippen molar-refractivity contribution < 1.29 is 43.6 Å². The van der Waals surface area contributed by atoms with Crippen LogP contribution in [0, 0.1) is 0 Å². The van der Waals surface area contributed by atoms with Gasteiger partial charge in [0.25, 0.3) is 0 Å². The lowest BCUT2D eigenvalue weighted by Gasteiger charge is -2.18. The molecule has 4 N–H and O–H groups in total. The maximum atomic E-state index is 12.4. The molecule has 12 heteroatoms. The summed E-state index contributed by atoms with van der Waals surface area (Å²) in [7, 11) is 2.90. The van der Waals surface area contributed by atoms with Crippen LogP contribution in [0.5, 0.6) is 17.2 Å². The molecule has 0 saturated carbocycles. The number of amides is 1. The molecule has 1 amide bonds. The molecule has 11 nitrogen and oxygen atoms in total. The fraction of sp³-hybridized carbons (Fsp3) is 0.320. The van der Waals surface area contributed by atoms with Crippen LogP contribution in [0.15, 0.2) is 42.5 Å². The second-order valence-electron chi connectivity index (χ2n) is 7.96. The number of ether oxygens (including phenoxy) is 3. The molecule has 0 unspecified atom stereocenters. The molecule has 0 radical (unpaired) electrons. The molecule has 0 aromatic heterocycles. The van der Waals surface area contributed by atoms with Gasteiger partial charge in [-0.2, -0.15) is 0 Å². The number of methoxy groups -OCH3 is 2. The Labute approximate surface area is 218 Å². The van der Waals surface area contributed by atoms with Crippen LogP contribution in [-0.2, 0) is 20.8 Å². The van der Waals surface area contributed by atoms with E-state index in [0.717, 1.165) is 5.56 Å². The molecule has 3 rings (SSSR count). The summed E-state index contributed by atoms with van der Waals surface area (Å²) in [6.07, 6.45) is 0.494. The van der Waals surface area contributed by atoms with E-state index < -0.39 is 30.0 Å². The van der Waals surface area contributed by atoms with Gasteiger partial charge in [-0.3, -0.25) is 9.59 Å². The van der Waals surface area contributed by atoms with Gasteiger partial charge in [-0.05, 0) is 36.2 Å². The number of carbonyl (C=O) groups excluding carboxylic acids is 2. The number of carboxylic acid groups (broad SMARTS) is 2. The first-order valence-electron chi connectivity index (χ1n) is 11.0. The number of rotatable bonds is 8. The number of carbonyl (C=O) groups is 4. The maximum absolute atomic E-state index is 12.4. The van der Waals surface area contributed by atoms with Crippen molar-refractivity contribution in [3.8, 4) is 17.2 Å². The van der Waals surface area contributed by atoms with Gasteiger partial charge < -0.3 is 35.1 Å². The van der Waals surface area contributed by atoms with Crippen LogP contribution in [0.3, 0.4) is 0 Å². The Balaban J connectivity index is 0.000000335. The quantitative estimate of drug-likeness (QED) is 0.258. The van der Waals surface area contributed by atoms with Crippen molar-refractivity contribution in [3.63, 3.8) is 0 Å². The second-order valence-corrected chi connectivity index (χ2v) is 8.54. The maximum Gasteiger partial charge on any atom is 0.351 e. The number of thiocarbonyl (C=S) groups is 1. The molecular weight excluding hydrogens is 504 g/mol. The molecule has 2 aromatic carbocycles. The third-order valence-electron chi connectivity index (χ3n) is 5.37. The van der Waals surface area contributed by atoms with Crippen molar-refractivity contribution in [3.05, 3.63) is 53.6 Å². The molecule has 1 aliphatic heterocycles. The van der Waals surface area contributed by atoms with E-state index in [1.54, 1.807) is 42.5 Å². The third kappa shape index (κ3) is 7.98. The fourth-order valence-electron chi connectivity index (χ4n) is 3.49. The van der Waals surface area contributed by atoms with Gasteiger partial charge in [0, 0.05) is 18.2 Å². The first-order chi connectivity index (χ1) is 17.5. The molecule has 1 heterocycles. The highest BCUT2D eigenvalue weighted by atomic mass is 32.1. The number of hydrogen-bond acceptors (Lipinski definition) is 9. The SMILES string of the molecule is CC(=O)N1CC(=S)C[C@H]1C(=O)O.COc1cccc(OC)c1C(=O)Oc1ccc(C[C@H](N)C(=O)O)cc1. The van der Waals surface area contributed by atoms with Gasteiger partial charge in [0.2, 0.25) is 5.91 Å². The van der Waals surface area contributed by atoms with Gasteiger partial charge >= 0.3 is 17.9 Å². The number of nitrogens with two attached hydrogens (primary N) is 1. The van der Waals surface area contributed by atoms with Crippen LogP contribution in [0.1, 0.15) is 29.3 Å². The van der Waals surface area contributed by atoms with Gasteiger partial charge in [0.05, 0.1) is 20.8 Å². The van der Waals surface area contributed by atoms with Gasteiger partial charge in [0.15, 0.2) is 0 Å². The van der Waals surface area contributed by atoms with Gasteiger partial charge in [-0.15, -0.1) is 0 Å². The lowest BCUT2D eigenvalue weighted by Crippen LogP contribution is -2.39. The highest BCUT2D eigenvalue weighted by molar-refractivity contribution is 7.80. The van der Waals surface area contributed by atoms with E-state index >= 15 is 0 Å². The minimum absolute atomic E-state index is 0.184. The van der Waals surface area contributed by atoms with Crippen LogP contribution < -0.4 is 19.9 Å². The van der Waals surface area contributed by atoms with E-state index in [1.165, 1.54) is 26.0 Å². The van der Waals surface area contributed by atoms with Crippen LogP contribution in [-0.4, -0.2) is 76.6 Å². The predicted octanol–water partition coefficient (Wildman–Crippen LogP) is 1.94. The minimum Gasteiger partial charge on any atom is -0.496 e. The standard InChI is InChI=1S/C18H19NO6.C7H9NO3S/c1-23-14-4-3-5-15(24-2)16(14)18(22)25-12-8-6-11(7-9-12)10-13(19)17(20)21;1-4(9)8-3-5(12)2-6(8)7(10)11/h3-9,13H,10,19H2,1-2H3,(H,20,21);6H,2-3H2,1H3,(H,10,11)/t13-;6-/m00/s1. The topological polar surface area (TPSA) is 166 Å². The van der Waals surface area contributed by atoms with Gasteiger partial charge in [0.1, 0.15) is 34.9 Å². The highest BCUT2D eigenvalue weighted by Gasteiger charge is 2.35. The van der Waals surface area contributed by atoms with Crippen molar-refractivity contribution in [2.75, 3.05) is 20.8 Å². The molecule has 198 valence electrons. The largest absolute Gasteiger partial charge is 0.496 e. The van der Waals surface area contributed by atoms with Gasteiger partial charge in [-0.1, -0.05) is 30.4 Å². The summed E-state index contributed by atoms with van der Waals surface area (Å²) < 4.78 is 15.7. The van der Waals surface area contributed by atoms with Crippen molar-refractivity contribution in [1.82, 2.24) is 4.90 Å². The normalized spacial score (nSPS) is 15.2. The number of likely N-dealkylation sites (tertiary alicyclic amines) is 1. The molecular formula is C25H28N2O9S. The monoisotopic (exact) mass is 532 g/mol. The molecule has 1 saturated heterocycles. The smallest absolute Gasteiger partial charge is 0.351 e. The molecule has 0 aliphatic carbocycles. The van der Waals surface area contributed by atoms with Crippen LogP contribution >= 0.6 is 12.2 Å². The number of carboxylic acids is 2. The van der Waals surface area contributed by atoms with Crippen molar-refractivity contribution >= 4 is 40.9 Å². The molecule has 37 heavy (non-hydrogen) atoms. The summed E-state index contributed by atoms with van der Waals surface area (Å²) in [5, 5.41) is 17.5. The highest BCUT2D eigenvalue weighted by Crippen LogP contribution is 2.29. The number of esters is 1. The van der Waals surface area contributed by atoms with Crippen molar-refractivity contribution in [2.45, 2.75) is 31.8 Å². The Bertz CT molecular complexity index is 1120. The number of benzene rings is 2. The van der Waals surface area contributed by atoms with E-state index in [9.17, 15) is 19.2 Å². The zero-order valence-corrected chi connectivity index (χ0v) is 21.3. The first-order valence-corrected chi connectivity index (χ1v) is 11.4. The molecule has 2 atom stereocenters. The average Bonchev–Trinajstić information content (AvgIpc) is 3.27. The Kier molecular flexibility index (Phi) is 10.5. The summed E-state index contributed by atoms with van der Waals surface area (Å²) in [6, 6.07) is 9.71. The summed E-state index contributed by atoms with van der Waals surface area (Å²) in [5.41, 5.74) is 6.41. The summed E-state index contributed by atoms with van der Waals surface area (Å²) in [5.74, 6) is -1.91. The molecule has 0 bridgehead atoms. The van der Waals surface area contributed by atoms with Crippen LogP contribution in [0.25, 0.3) is 0 Å². The predicted molar refractivity (Wildman–Crippen MR) is 136 cm³/mol. The summed E-state index contributed by atoms with van der Waals surface area (Å²) in [4.78, 5) is 46.7. The lowest BCUT2D eigenvalue weighted by atomic mass is 10.1. The van der Waals surface area contributed by atoms with E-state index in [4.69, 9.17) is 42.4 Å². The minimum atomic E-state index is -1.07. The Hall–Kier alpha value is -4.03. The summed E-state index contributed by atoms with van der Waals surface area (Å²) >= 11 is 4.85. The number of nitrogens with zero attached hydrogens (tertiary/aromatic N) is 1. The fourth-order valence-corrected chi connectivity index (χ4v) is 3.78. The molecule has 1 aliphatic rings. The van der Waals surface area contributed by atoms with E-state index in [2.05, 4.69) is 0 Å². The van der Waals surface area contributed by atoms with Crippen molar-refractivity contribution in [2.24, 2.45) is 5.73 Å². The number of aliphatic carboxylic acids is 2. The molecule has 2 aromatic rings. The Morgan fingerprint density at radius 2 is 1.62 bits per heavy atom. The van der Waals surface area contributed by atoms with Gasteiger partial charge in [-0.25, -0.2) is 9.59 Å². The van der Waals surface area contributed by atoms with Crippen molar-refractivity contribution in [1.29, 1.82) is 0 Å². The van der Waals surface area contributed by atoms with E-state index in [0.29, 0.717) is 35.1 Å². The Morgan fingerprint density at radius 1 is 1.05 bits per heavy atom. The zero-order valence-electron chi connectivity index (χ0n) is 20.5. The molecule has 1 fully saturated rings. The van der Waals surface area contributed by atoms with E-state index in [1.807, 2.05) is 0 Å². The van der Waals surface area contributed by atoms with E-state index in [-0.39, 0.29) is 17.9 Å². The number of hydrogen-bond donors (Lipinski definition) is 3. The third-order valence-corrected chi connectivity index (χ3v) is 5.67. The van der Waals surface area contributed by atoms with Crippen LogP contribution in [0.4, 0.5) is 0 Å². The Morgan fingerprint density at radius 3 is 2.05 bits per heavy atom. The zero-order chi connectivity index (χ0) is 27.7. The van der Waals surface area contributed by atoms with Crippen LogP contribution in [0.2, 0.25) is 0 Å². The summed E-state index contributed by atoms with van der Waals surface area (Å²) in [6.45, 7) is 1.66. The average molecular weight is 533 g/mol. The first kappa shape index (κ1) is 29.2. The lowest BCUT2D eigenvalue weighted by molar-refractivity contribution is -0.147.